The van der Waals surface area contributed by atoms with E-state index in [1.165, 1.54) is 36.4 Å². The monoisotopic (exact) mass is 334 g/mol. The molecule has 0 heterocycles. The molecular formula is C17H19FN2O4. The highest BCUT2D eigenvalue weighted by molar-refractivity contribution is 5.50. The van der Waals surface area contributed by atoms with Crippen molar-refractivity contribution >= 4 is 5.69 Å². The third-order valence-electron chi connectivity index (χ3n) is 3.43. The zero-order chi connectivity index (χ0) is 17.7. The van der Waals surface area contributed by atoms with Crippen molar-refractivity contribution in [1.29, 1.82) is 0 Å². The molecule has 0 aliphatic rings. The van der Waals surface area contributed by atoms with E-state index in [-0.39, 0.29) is 18.0 Å². The van der Waals surface area contributed by atoms with E-state index in [2.05, 4.69) is 5.32 Å². The van der Waals surface area contributed by atoms with Crippen molar-refractivity contribution < 1.29 is 19.2 Å². The highest BCUT2D eigenvalue weighted by Gasteiger charge is 2.19. The molecule has 0 amide bonds. The molecule has 0 saturated carbocycles. The quantitative estimate of drug-likeness (QED) is 0.599. The minimum atomic E-state index is -0.528. The summed E-state index contributed by atoms with van der Waals surface area (Å²) < 4.78 is 18.4. The van der Waals surface area contributed by atoms with E-state index in [1.807, 2.05) is 13.8 Å². The van der Waals surface area contributed by atoms with Gasteiger partial charge in [-0.1, -0.05) is 6.07 Å². The number of aliphatic hydroxyl groups is 1. The molecule has 128 valence electrons. The Balaban J connectivity index is 2.20. The van der Waals surface area contributed by atoms with Crippen molar-refractivity contribution in [3.8, 4) is 11.5 Å². The first-order valence-electron chi connectivity index (χ1n) is 7.37. The van der Waals surface area contributed by atoms with Crippen molar-refractivity contribution in [3.63, 3.8) is 0 Å². The van der Waals surface area contributed by atoms with Crippen molar-refractivity contribution in [2.75, 3.05) is 6.61 Å². The number of hydrogen-bond donors (Lipinski definition) is 2. The average Bonchev–Trinajstić information content (AvgIpc) is 2.56. The van der Waals surface area contributed by atoms with Crippen molar-refractivity contribution in [2.45, 2.75) is 25.9 Å². The second-order valence-corrected chi connectivity index (χ2v) is 6.01. The maximum atomic E-state index is 12.9. The zero-order valence-corrected chi connectivity index (χ0v) is 13.5. The summed E-state index contributed by atoms with van der Waals surface area (Å²) in [6, 6.07) is 9.86. The molecule has 0 bridgehead atoms. The summed E-state index contributed by atoms with van der Waals surface area (Å²) in [5.74, 6) is -0.0201. The molecule has 2 aromatic rings. The first-order valence-corrected chi connectivity index (χ1v) is 7.37. The van der Waals surface area contributed by atoms with Gasteiger partial charge in [-0.15, -0.1) is 0 Å². The Kier molecular flexibility index (Phi) is 5.48. The molecule has 24 heavy (non-hydrogen) atoms. The number of nitro benzene ring substituents is 1. The number of nitrogens with one attached hydrogen (secondary N) is 1. The third-order valence-corrected chi connectivity index (χ3v) is 3.43. The van der Waals surface area contributed by atoms with Crippen LogP contribution in [0.1, 0.15) is 19.4 Å². The molecular weight excluding hydrogens is 315 g/mol. The fraction of sp³-hybridized carbons (Fsp3) is 0.294. The van der Waals surface area contributed by atoms with Crippen LogP contribution < -0.4 is 10.1 Å². The summed E-state index contributed by atoms with van der Waals surface area (Å²) in [7, 11) is 0. The average molecular weight is 334 g/mol. The van der Waals surface area contributed by atoms with Gasteiger partial charge in [-0.05, 0) is 49.7 Å². The Morgan fingerprint density at radius 1 is 1.25 bits per heavy atom. The van der Waals surface area contributed by atoms with Gasteiger partial charge in [0, 0.05) is 18.2 Å². The van der Waals surface area contributed by atoms with Crippen LogP contribution in [0.25, 0.3) is 0 Å². The van der Waals surface area contributed by atoms with Gasteiger partial charge in [0.15, 0.2) is 0 Å². The molecule has 0 spiro atoms. The van der Waals surface area contributed by atoms with E-state index in [0.717, 1.165) is 0 Å². The summed E-state index contributed by atoms with van der Waals surface area (Å²) in [5.41, 5.74) is 0.0213. The van der Waals surface area contributed by atoms with E-state index in [9.17, 15) is 19.6 Å². The molecule has 0 aromatic heterocycles. The highest BCUT2D eigenvalue weighted by Crippen LogP contribution is 2.32. The lowest BCUT2D eigenvalue weighted by Gasteiger charge is -2.23. The number of aliphatic hydroxyl groups excluding tert-OH is 1. The van der Waals surface area contributed by atoms with Gasteiger partial charge in [0.2, 0.25) is 5.75 Å². The molecule has 0 aliphatic heterocycles. The molecule has 6 nitrogen and oxygen atoms in total. The minimum absolute atomic E-state index is 0.0547. The summed E-state index contributed by atoms with van der Waals surface area (Å²) in [4.78, 5) is 10.8. The second-order valence-electron chi connectivity index (χ2n) is 6.01. The molecule has 0 unspecified atom stereocenters. The number of hydrogen-bond acceptors (Lipinski definition) is 5. The molecule has 2 N–H and O–H groups in total. The van der Waals surface area contributed by atoms with Crippen LogP contribution in [0.4, 0.5) is 10.1 Å². The van der Waals surface area contributed by atoms with E-state index in [4.69, 9.17) is 4.74 Å². The summed E-state index contributed by atoms with van der Waals surface area (Å²) >= 11 is 0. The number of nitro groups is 1. The van der Waals surface area contributed by atoms with Gasteiger partial charge in [0.1, 0.15) is 11.6 Å². The van der Waals surface area contributed by atoms with Crippen LogP contribution >= 0.6 is 0 Å². The van der Waals surface area contributed by atoms with Crippen LogP contribution in [0.3, 0.4) is 0 Å². The van der Waals surface area contributed by atoms with Gasteiger partial charge < -0.3 is 15.2 Å². The topological polar surface area (TPSA) is 84.6 Å². The number of halogens is 1. The summed E-state index contributed by atoms with van der Waals surface area (Å²) in [6.45, 7) is 3.97. The maximum absolute atomic E-state index is 12.9. The SMILES string of the molecule is CC(C)(CO)NCc1ccc(Oc2ccc(F)cc2)c([N+](=O)[O-])c1. The first kappa shape index (κ1) is 17.8. The Bertz CT molecular complexity index is 717. The van der Waals surface area contributed by atoms with E-state index in [1.54, 1.807) is 6.07 Å². The smallest absolute Gasteiger partial charge is 0.311 e. The van der Waals surface area contributed by atoms with Gasteiger partial charge in [-0.25, -0.2) is 4.39 Å². The van der Waals surface area contributed by atoms with Crippen LogP contribution in [0.5, 0.6) is 11.5 Å². The van der Waals surface area contributed by atoms with Crippen molar-refractivity contribution in [2.24, 2.45) is 0 Å². The summed E-state index contributed by atoms with van der Waals surface area (Å²) in [5, 5.41) is 23.6. The highest BCUT2D eigenvalue weighted by atomic mass is 19.1. The predicted octanol–water partition coefficient (Wildman–Crippen LogP) is 3.39. The van der Waals surface area contributed by atoms with Gasteiger partial charge >= 0.3 is 5.69 Å². The normalized spacial score (nSPS) is 11.3. The standard InChI is InChI=1S/C17H19FN2O4/c1-17(2,11-21)19-10-12-3-8-16(15(9-12)20(22)23)24-14-6-4-13(18)5-7-14/h3-9,19,21H,10-11H2,1-2H3. The maximum Gasteiger partial charge on any atom is 0.311 e. The van der Waals surface area contributed by atoms with Crippen LogP contribution in [-0.2, 0) is 6.54 Å². The van der Waals surface area contributed by atoms with Gasteiger partial charge in [0.25, 0.3) is 0 Å². The molecule has 0 aliphatic carbocycles. The zero-order valence-electron chi connectivity index (χ0n) is 13.5. The van der Waals surface area contributed by atoms with E-state index in [0.29, 0.717) is 17.9 Å². The van der Waals surface area contributed by atoms with Crippen molar-refractivity contribution in [1.82, 2.24) is 5.32 Å². The molecule has 0 radical (unpaired) electrons. The van der Waals surface area contributed by atoms with Gasteiger partial charge in [0.05, 0.1) is 11.5 Å². The number of nitrogens with zero attached hydrogens (tertiary/aromatic N) is 1. The van der Waals surface area contributed by atoms with Gasteiger partial charge in [-0.3, -0.25) is 10.1 Å². The molecule has 0 saturated heterocycles. The van der Waals surface area contributed by atoms with E-state index >= 15 is 0 Å². The lowest BCUT2D eigenvalue weighted by atomic mass is 10.1. The Morgan fingerprint density at radius 2 is 1.92 bits per heavy atom. The van der Waals surface area contributed by atoms with Crippen molar-refractivity contribution in [3.05, 3.63) is 64.0 Å². The van der Waals surface area contributed by atoms with Gasteiger partial charge in [-0.2, -0.15) is 0 Å². The van der Waals surface area contributed by atoms with E-state index < -0.39 is 16.3 Å². The molecule has 0 fully saturated rings. The number of ether oxygens (including phenoxy) is 1. The Morgan fingerprint density at radius 3 is 2.50 bits per heavy atom. The lowest BCUT2D eigenvalue weighted by molar-refractivity contribution is -0.385. The molecule has 2 aromatic carbocycles. The number of rotatable bonds is 7. The molecule has 0 atom stereocenters. The second kappa shape index (κ2) is 7.37. The molecule has 7 heteroatoms. The fourth-order valence-electron chi connectivity index (χ4n) is 1.93. The lowest BCUT2D eigenvalue weighted by Crippen LogP contribution is -2.42. The fourth-order valence-corrected chi connectivity index (χ4v) is 1.93. The minimum Gasteiger partial charge on any atom is -0.450 e. The van der Waals surface area contributed by atoms with Crippen LogP contribution in [-0.4, -0.2) is 22.2 Å². The van der Waals surface area contributed by atoms with Crippen LogP contribution in [0, 0.1) is 15.9 Å². The third kappa shape index (κ3) is 4.74. The predicted molar refractivity (Wildman–Crippen MR) is 87.6 cm³/mol. The van der Waals surface area contributed by atoms with Crippen LogP contribution in [0.15, 0.2) is 42.5 Å². The first-order chi connectivity index (χ1) is 11.3. The Hall–Kier alpha value is -2.51. The summed E-state index contributed by atoms with van der Waals surface area (Å²) in [6.07, 6.45) is 0. The molecule has 2 rings (SSSR count). The van der Waals surface area contributed by atoms with Crippen LogP contribution in [0.2, 0.25) is 0 Å². The Labute approximate surface area is 139 Å². The number of benzene rings is 2. The largest absolute Gasteiger partial charge is 0.450 e.